The number of aromatic nitrogens is 3. The maximum atomic E-state index is 12.6. The zero-order valence-electron chi connectivity index (χ0n) is 25.2. The number of hydrogen-bond acceptors (Lipinski definition) is 9. The molecule has 272 valence electrons. The zero-order valence-corrected chi connectivity index (χ0v) is 25.2. The van der Waals surface area contributed by atoms with Crippen LogP contribution in [0.3, 0.4) is 0 Å². The van der Waals surface area contributed by atoms with Gasteiger partial charge in [-0.2, -0.15) is 0 Å². The number of aliphatic hydroxyl groups is 1. The Hall–Kier alpha value is -5.66. The average Bonchev–Trinajstić information content (AvgIpc) is 3.57. The van der Waals surface area contributed by atoms with Gasteiger partial charge in [-0.25, -0.2) is 32.3 Å². The molecule has 10 nitrogen and oxygen atoms in total. The van der Waals surface area contributed by atoms with Crippen molar-refractivity contribution in [2.24, 2.45) is 0 Å². The second kappa shape index (κ2) is 15.9. The molecule has 0 radical (unpaired) electrons. The lowest BCUT2D eigenvalue weighted by Crippen LogP contribution is -2.19. The van der Waals surface area contributed by atoms with Crippen LogP contribution in [0.15, 0.2) is 82.0 Å². The maximum absolute atomic E-state index is 12.6. The number of rotatable bonds is 7. The van der Waals surface area contributed by atoms with Gasteiger partial charge in [-0.1, -0.05) is 0 Å². The Labute approximate surface area is 278 Å². The third kappa shape index (κ3) is 11.2. The molecule has 1 aliphatic rings. The van der Waals surface area contributed by atoms with E-state index in [-0.39, 0.29) is 35.1 Å². The first-order valence-electron chi connectivity index (χ1n) is 14.0. The second-order valence-corrected chi connectivity index (χ2v) is 9.90. The number of hydrogen-bond donors (Lipinski definition) is 1. The molecule has 0 amide bonds. The van der Waals surface area contributed by atoms with Gasteiger partial charge in [0.25, 0.3) is 12.9 Å². The van der Waals surface area contributed by atoms with Gasteiger partial charge in [0.05, 0.1) is 30.0 Å². The number of fused-ring (bicyclic) bond motifs is 2. The molecule has 2 aromatic carbocycles. The third-order valence-corrected chi connectivity index (χ3v) is 6.21. The first-order chi connectivity index (χ1) is 23.9. The van der Waals surface area contributed by atoms with Crippen molar-refractivity contribution < 1.29 is 72.4 Å². The van der Waals surface area contributed by atoms with Crippen LogP contribution in [0, 0.1) is 0 Å². The van der Waals surface area contributed by atoms with Gasteiger partial charge in [0.2, 0.25) is 0 Å². The minimum atomic E-state index is -4.80. The number of alkyl halides is 10. The molecule has 1 aliphatic heterocycles. The van der Waals surface area contributed by atoms with Crippen molar-refractivity contribution in [2.45, 2.75) is 38.5 Å². The Morgan fingerprint density at radius 3 is 1.69 bits per heavy atom. The van der Waals surface area contributed by atoms with E-state index in [0.717, 1.165) is 12.1 Å². The number of carbonyl (C=O) groups is 1. The van der Waals surface area contributed by atoms with Crippen molar-refractivity contribution in [2.75, 3.05) is 6.61 Å². The van der Waals surface area contributed by atoms with Crippen LogP contribution < -0.4 is 20.0 Å². The Morgan fingerprint density at radius 1 is 0.725 bits per heavy atom. The number of halogens is 10. The predicted octanol–water partition coefficient (Wildman–Crippen LogP) is 7.17. The molecule has 0 fully saturated rings. The summed E-state index contributed by atoms with van der Waals surface area (Å²) in [5, 5.41) is 7.39. The van der Waals surface area contributed by atoms with E-state index in [0.29, 0.717) is 32.8 Å². The van der Waals surface area contributed by atoms with Gasteiger partial charge in [0.15, 0.2) is 17.0 Å². The molecule has 20 heteroatoms. The number of benzene rings is 2. The topological polar surface area (TPSA) is 126 Å². The van der Waals surface area contributed by atoms with Crippen LogP contribution in [-0.2, 0) is 17.8 Å². The third-order valence-electron chi connectivity index (χ3n) is 6.21. The number of carbonyl (C=O) groups excluding carboxylic acids is 1. The number of aliphatic hydroxyl groups excluding tert-OH is 1. The fraction of sp³-hybridized carbons (Fsp3) is 0.226. The van der Waals surface area contributed by atoms with Gasteiger partial charge in [0.1, 0.15) is 18.1 Å². The molecule has 51 heavy (non-hydrogen) atoms. The van der Waals surface area contributed by atoms with Crippen molar-refractivity contribution >= 4 is 17.2 Å². The van der Waals surface area contributed by atoms with Gasteiger partial charge < -0.3 is 23.7 Å². The number of esters is 1. The highest BCUT2D eigenvalue weighted by Crippen LogP contribution is 2.30. The van der Waals surface area contributed by atoms with E-state index >= 15 is 0 Å². The molecule has 5 aromatic rings. The molecule has 0 atom stereocenters. The van der Waals surface area contributed by atoms with Crippen LogP contribution in [0.2, 0.25) is 0 Å². The normalized spacial score (nSPS) is 12.5. The van der Waals surface area contributed by atoms with Crippen LogP contribution >= 0.6 is 0 Å². The molecule has 0 aliphatic carbocycles. The second-order valence-electron chi connectivity index (χ2n) is 9.90. The van der Waals surface area contributed by atoms with Gasteiger partial charge >= 0.3 is 24.5 Å². The summed E-state index contributed by atoms with van der Waals surface area (Å²) < 4.78 is 137. The molecule has 0 unspecified atom stereocenters. The fourth-order valence-electron chi connectivity index (χ4n) is 4.22. The number of oxazole rings is 1. The van der Waals surface area contributed by atoms with Crippen molar-refractivity contribution in [1.82, 2.24) is 14.5 Å². The molecule has 0 saturated heterocycles. The summed E-state index contributed by atoms with van der Waals surface area (Å²) in [6.07, 6.45) is -14.8. The molecule has 0 bridgehead atoms. The highest BCUT2D eigenvalue weighted by atomic mass is 19.4. The first-order valence-corrected chi connectivity index (χ1v) is 14.0. The van der Waals surface area contributed by atoms with E-state index in [2.05, 4.69) is 19.4 Å². The van der Waals surface area contributed by atoms with Crippen LogP contribution in [-0.4, -0.2) is 57.8 Å². The van der Waals surface area contributed by atoms with Crippen LogP contribution in [0.25, 0.3) is 33.7 Å². The van der Waals surface area contributed by atoms with Gasteiger partial charge in [0, 0.05) is 11.1 Å². The van der Waals surface area contributed by atoms with E-state index in [1.54, 1.807) is 12.1 Å². The molecular formula is C31H21F10N3O7. The lowest BCUT2D eigenvalue weighted by molar-refractivity contribution is -0.275. The van der Waals surface area contributed by atoms with Crippen molar-refractivity contribution in [1.29, 1.82) is 0 Å². The summed E-state index contributed by atoms with van der Waals surface area (Å²) in [4.78, 5) is 31.1. The summed E-state index contributed by atoms with van der Waals surface area (Å²) in [5.74, 6) is -1.63. The fourth-order valence-corrected chi connectivity index (χ4v) is 4.22. The lowest BCUT2D eigenvalue weighted by Gasteiger charge is -2.09. The van der Waals surface area contributed by atoms with Crippen LogP contribution in [0.4, 0.5) is 43.9 Å². The minimum Gasteiger partial charge on any atom is -0.424 e. The number of nitrogens with zero attached hydrogens (tertiary/aromatic N) is 3. The largest absolute Gasteiger partial charge is 0.573 e. The monoisotopic (exact) mass is 737 g/mol. The van der Waals surface area contributed by atoms with E-state index in [1.807, 2.05) is 0 Å². The minimum absolute atomic E-state index is 0.0337. The molecule has 6 rings (SSSR count). The molecule has 0 spiro atoms. The van der Waals surface area contributed by atoms with Gasteiger partial charge in [-0.05, 0) is 72.8 Å². The van der Waals surface area contributed by atoms with Crippen LogP contribution in [0.1, 0.15) is 5.69 Å². The summed E-state index contributed by atoms with van der Waals surface area (Å²) in [6, 6.07) is 16.3. The Bertz CT molecular complexity index is 1990. The van der Waals surface area contributed by atoms with Gasteiger partial charge in [-0.15, -0.1) is 26.3 Å². The van der Waals surface area contributed by atoms with E-state index in [9.17, 15) is 53.5 Å². The van der Waals surface area contributed by atoms with Crippen LogP contribution in [0.5, 0.6) is 17.2 Å². The Balaban J connectivity index is 0.000000204. The van der Waals surface area contributed by atoms with Crippen molar-refractivity contribution in [3.05, 3.63) is 89.0 Å². The summed E-state index contributed by atoms with van der Waals surface area (Å²) in [5.41, 5.74) is 2.33. The quantitative estimate of drug-likeness (QED) is 0.137. The van der Waals surface area contributed by atoms with Gasteiger partial charge in [-0.3, -0.25) is 9.36 Å². The van der Waals surface area contributed by atoms with E-state index in [4.69, 9.17) is 14.3 Å². The highest BCUT2D eigenvalue weighted by Gasteiger charge is 2.32. The average molecular weight is 738 g/mol. The van der Waals surface area contributed by atoms with E-state index < -0.39 is 50.2 Å². The van der Waals surface area contributed by atoms with Crippen molar-refractivity contribution in [3.8, 4) is 39.8 Å². The molecule has 1 N–H and O–H groups in total. The maximum Gasteiger partial charge on any atom is 0.573 e. The first kappa shape index (κ1) is 38.1. The molecule has 0 saturated carbocycles. The lowest BCUT2D eigenvalue weighted by atomic mass is 10.1. The highest BCUT2D eigenvalue weighted by molar-refractivity contribution is 5.80. The van der Waals surface area contributed by atoms with Crippen molar-refractivity contribution in [3.63, 3.8) is 0 Å². The summed E-state index contributed by atoms with van der Waals surface area (Å²) >= 11 is 0. The molecular weight excluding hydrogens is 716 g/mol. The molecule has 3 aromatic heterocycles. The molecule has 4 heterocycles. The zero-order chi connectivity index (χ0) is 37.5. The summed E-state index contributed by atoms with van der Waals surface area (Å²) in [6.45, 7) is -1.90. The SMILES string of the molecule is O=C1Cc2nc(-c3ccc(OC(F)(F)F)cc3)ccc2O1.O=c1oc2ccc(-c3ccc(OC(F)(F)F)cc3)nc2n1CC(F)F.OCC(F)F. The standard InChI is InChI=1S/C15H9F5N2O3.C14H8F3NO3.C2H4F2O/c16-12(17)7-22-13-11(24-14(22)23)6-5-10(21-13)8-1-3-9(4-2-8)25-15(18,19)20;15-14(16,17)21-9-3-1-8(2-4-9)10-5-6-12-11(18-10)7-13(19)20-12;3-2(4)1-5/h1-6,12H,7H2;1-6H,7H2;2,5H,1H2. The number of ether oxygens (including phenoxy) is 3. The number of pyridine rings is 2. The Morgan fingerprint density at radius 2 is 1.22 bits per heavy atom. The van der Waals surface area contributed by atoms with E-state index in [1.165, 1.54) is 48.5 Å². The Kier molecular flexibility index (Phi) is 11.9. The smallest absolute Gasteiger partial charge is 0.424 e. The predicted molar refractivity (Wildman–Crippen MR) is 155 cm³/mol. The summed E-state index contributed by atoms with van der Waals surface area (Å²) in [7, 11) is 0.